The van der Waals surface area contributed by atoms with Gasteiger partial charge in [-0.05, 0) is 47.9 Å². The highest BCUT2D eigenvalue weighted by Crippen LogP contribution is 2.34. The lowest BCUT2D eigenvalue weighted by atomic mass is 10.0. The van der Waals surface area contributed by atoms with Crippen LogP contribution in [0.3, 0.4) is 0 Å². The maximum Gasteiger partial charge on any atom is 0.199 e. The molecule has 0 saturated carbocycles. The number of rotatable bonds is 3. The zero-order chi connectivity index (χ0) is 18.1. The van der Waals surface area contributed by atoms with Gasteiger partial charge >= 0.3 is 0 Å². The first-order valence-electron chi connectivity index (χ1n) is 8.37. The van der Waals surface area contributed by atoms with Crippen LogP contribution in [0.1, 0.15) is 16.7 Å². The molecule has 0 unspecified atom stereocenters. The third-order valence-corrected chi connectivity index (χ3v) is 4.59. The van der Waals surface area contributed by atoms with E-state index < -0.39 is 0 Å². The molecule has 0 amide bonds. The van der Waals surface area contributed by atoms with Crippen LogP contribution in [-0.2, 0) is 6.54 Å². The molecule has 2 aromatic heterocycles. The number of pyridine rings is 1. The van der Waals surface area contributed by atoms with Crippen LogP contribution >= 0.6 is 0 Å². The van der Waals surface area contributed by atoms with Gasteiger partial charge in [0.1, 0.15) is 0 Å². The van der Waals surface area contributed by atoms with Crippen molar-refractivity contribution in [2.45, 2.75) is 13.5 Å². The quantitative estimate of drug-likeness (QED) is 0.591. The second kappa shape index (κ2) is 6.38. The Morgan fingerprint density at radius 1 is 1.12 bits per heavy atom. The molecule has 0 saturated heterocycles. The molecule has 4 aromatic rings. The Morgan fingerprint density at radius 2 is 1.92 bits per heavy atom. The number of benzene rings is 2. The van der Waals surface area contributed by atoms with Gasteiger partial charge in [-0.15, -0.1) is 0 Å². The maximum atomic E-state index is 10.7. The summed E-state index contributed by atoms with van der Waals surface area (Å²) in [6.07, 6.45) is 5.57. The number of nitrogens with zero attached hydrogens (tertiary/aromatic N) is 3. The number of aryl methyl sites for hydroxylation is 1. The molecule has 4 nitrogen and oxygen atoms in total. The first-order chi connectivity index (χ1) is 12.7. The van der Waals surface area contributed by atoms with Gasteiger partial charge in [0.2, 0.25) is 0 Å². The third-order valence-electron chi connectivity index (χ3n) is 4.59. The fourth-order valence-electron chi connectivity index (χ4n) is 3.30. The smallest absolute Gasteiger partial charge is 0.199 e. The van der Waals surface area contributed by atoms with Crippen molar-refractivity contribution in [3.05, 3.63) is 83.8 Å². The van der Waals surface area contributed by atoms with Crippen molar-refractivity contribution >= 4 is 10.8 Å². The van der Waals surface area contributed by atoms with Gasteiger partial charge in [-0.25, -0.2) is 0 Å². The largest absolute Gasteiger partial charge is 0.494 e. The number of hydrogen-bond donors (Lipinski definition) is 1. The van der Waals surface area contributed by atoms with Crippen LogP contribution in [0, 0.1) is 18.3 Å². The Bertz CT molecular complexity index is 1120. The highest BCUT2D eigenvalue weighted by atomic mass is 16.3. The Kier molecular flexibility index (Phi) is 3.91. The Hall–Kier alpha value is -3.58. The summed E-state index contributed by atoms with van der Waals surface area (Å²) in [4.78, 5) is 4.19. The molecule has 0 aliphatic carbocycles. The maximum absolute atomic E-state index is 10.7. The van der Waals surface area contributed by atoms with Crippen molar-refractivity contribution in [1.29, 1.82) is 5.26 Å². The normalized spacial score (nSPS) is 10.8. The van der Waals surface area contributed by atoms with Crippen molar-refractivity contribution in [3.8, 4) is 23.1 Å². The fourth-order valence-corrected chi connectivity index (χ4v) is 3.30. The lowest BCUT2D eigenvalue weighted by Gasteiger charge is -2.06. The lowest BCUT2D eigenvalue weighted by molar-refractivity contribution is 0.430. The summed E-state index contributed by atoms with van der Waals surface area (Å²) in [5.74, 6) is 0.264. The second-order valence-corrected chi connectivity index (χ2v) is 6.39. The zero-order valence-electron chi connectivity index (χ0n) is 14.3. The molecule has 1 N–H and O–H groups in total. The average Bonchev–Trinajstić information content (AvgIpc) is 2.99. The van der Waals surface area contributed by atoms with Crippen molar-refractivity contribution in [2.75, 3.05) is 0 Å². The van der Waals surface area contributed by atoms with Gasteiger partial charge in [0.25, 0.3) is 0 Å². The molecule has 2 aromatic carbocycles. The predicted molar refractivity (Wildman–Crippen MR) is 102 cm³/mol. The van der Waals surface area contributed by atoms with E-state index in [-0.39, 0.29) is 5.88 Å². The molecule has 0 spiro atoms. The first kappa shape index (κ1) is 15.9. The van der Waals surface area contributed by atoms with Gasteiger partial charge in [0, 0.05) is 34.9 Å². The summed E-state index contributed by atoms with van der Waals surface area (Å²) in [5.41, 5.74) is 4.82. The van der Waals surface area contributed by atoms with Gasteiger partial charge in [-0.1, -0.05) is 24.3 Å². The van der Waals surface area contributed by atoms with E-state index in [1.165, 1.54) is 0 Å². The van der Waals surface area contributed by atoms with Crippen LogP contribution in [0.4, 0.5) is 0 Å². The molecule has 126 valence electrons. The van der Waals surface area contributed by atoms with E-state index in [0.717, 1.165) is 33.0 Å². The number of aromatic nitrogens is 2. The molecule has 4 rings (SSSR count). The van der Waals surface area contributed by atoms with Gasteiger partial charge in [0.15, 0.2) is 5.88 Å². The highest BCUT2D eigenvalue weighted by molar-refractivity contribution is 5.94. The summed E-state index contributed by atoms with van der Waals surface area (Å²) < 4.78 is 1.84. The van der Waals surface area contributed by atoms with E-state index >= 15 is 0 Å². The standard InChI is InChI=1S/C22H17N3O/c1-15-9-19(18-3-2-8-24-12-18)10-20-14-25(22(26)21(15)20)13-17-6-4-16(11-23)5-7-17/h2-10,12,14,26H,13H2,1H3. The Morgan fingerprint density at radius 3 is 2.62 bits per heavy atom. The predicted octanol–water partition coefficient (Wildman–Crippen LogP) is 4.64. The summed E-state index contributed by atoms with van der Waals surface area (Å²) in [7, 11) is 0. The minimum Gasteiger partial charge on any atom is -0.494 e. The summed E-state index contributed by atoms with van der Waals surface area (Å²) in [5, 5.41) is 21.5. The van der Waals surface area contributed by atoms with Crippen molar-refractivity contribution in [2.24, 2.45) is 0 Å². The minimum absolute atomic E-state index is 0.264. The molecule has 2 heterocycles. The van der Waals surface area contributed by atoms with Gasteiger partial charge in [0.05, 0.1) is 18.2 Å². The van der Waals surface area contributed by atoms with Gasteiger partial charge < -0.3 is 9.67 Å². The number of fused-ring (bicyclic) bond motifs is 1. The molecule has 0 atom stereocenters. The van der Waals surface area contributed by atoms with Crippen molar-refractivity contribution < 1.29 is 5.11 Å². The van der Waals surface area contributed by atoms with Gasteiger partial charge in [-0.3, -0.25) is 4.98 Å². The monoisotopic (exact) mass is 339 g/mol. The van der Waals surface area contributed by atoms with Crippen LogP contribution < -0.4 is 0 Å². The number of hydrogen-bond acceptors (Lipinski definition) is 3. The SMILES string of the molecule is Cc1cc(-c2cccnc2)cc2cn(Cc3ccc(C#N)cc3)c(O)c12. The van der Waals surface area contributed by atoms with Crippen LogP contribution in [0.5, 0.6) is 5.88 Å². The minimum atomic E-state index is 0.264. The van der Waals surface area contributed by atoms with E-state index in [1.807, 2.05) is 48.1 Å². The average molecular weight is 339 g/mol. The Balaban J connectivity index is 1.76. The summed E-state index contributed by atoms with van der Waals surface area (Å²) >= 11 is 0. The van der Waals surface area contributed by atoms with Crippen LogP contribution in [0.25, 0.3) is 21.9 Å². The zero-order valence-corrected chi connectivity index (χ0v) is 14.3. The van der Waals surface area contributed by atoms with Crippen LogP contribution in [-0.4, -0.2) is 14.7 Å². The molecule has 0 bridgehead atoms. The molecule has 4 heteroatoms. The Labute approximate surface area is 151 Å². The molecule has 0 aliphatic heterocycles. The third kappa shape index (κ3) is 2.80. The summed E-state index contributed by atoms with van der Waals surface area (Å²) in [6.45, 7) is 2.56. The van der Waals surface area contributed by atoms with Crippen LogP contribution in [0.2, 0.25) is 0 Å². The van der Waals surface area contributed by atoms with E-state index in [4.69, 9.17) is 5.26 Å². The molecule has 26 heavy (non-hydrogen) atoms. The van der Waals surface area contributed by atoms with Crippen LogP contribution in [0.15, 0.2) is 67.1 Å². The van der Waals surface area contributed by atoms with Gasteiger partial charge in [-0.2, -0.15) is 5.26 Å². The van der Waals surface area contributed by atoms with Crippen molar-refractivity contribution in [3.63, 3.8) is 0 Å². The first-order valence-corrected chi connectivity index (χ1v) is 8.37. The van der Waals surface area contributed by atoms with E-state index in [2.05, 4.69) is 23.2 Å². The number of aromatic hydroxyl groups is 1. The fraction of sp³-hybridized carbons (Fsp3) is 0.0909. The van der Waals surface area contributed by atoms with E-state index in [1.54, 1.807) is 18.3 Å². The molecule has 0 fully saturated rings. The molecular formula is C22H17N3O. The highest BCUT2D eigenvalue weighted by Gasteiger charge is 2.13. The summed E-state index contributed by atoms with van der Waals surface area (Å²) in [6, 6.07) is 17.6. The van der Waals surface area contributed by atoms with E-state index in [9.17, 15) is 5.11 Å². The lowest BCUT2D eigenvalue weighted by Crippen LogP contribution is -1.97. The number of nitriles is 1. The van der Waals surface area contributed by atoms with E-state index in [0.29, 0.717) is 12.1 Å². The second-order valence-electron chi connectivity index (χ2n) is 6.39. The topological polar surface area (TPSA) is 61.8 Å². The molecular weight excluding hydrogens is 322 g/mol. The molecule has 0 aliphatic rings. The molecule has 0 radical (unpaired) electrons. The van der Waals surface area contributed by atoms with Crippen molar-refractivity contribution in [1.82, 2.24) is 9.55 Å².